The molecule has 1 atom stereocenters. The molecule has 28 heavy (non-hydrogen) atoms. The normalized spacial score (nSPS) is 20.8. The number of hydrogen-bond acceptors (Lipinski definition) is 5. The van der Waals surface area contributed by atoms with Crippen molar-refractivity contribution in [1.82, 2.24) is 15.2 Å². The fraction of sp³-hybridized carbons (Fsp3) is 0.455. The lowest BCUT2D eigenvalue weighted by Gasteiger charge is -2.31. The van der Waals surface area contributed by atoms with Gasteiger partial charge in [-0.2, -0.15) is 0 Å². The number of amides is 1. The van der Waals surface area contributed by atoms with Crippen LogP contribution in [0.2, 0.25) is 0 Å². The van der Waals surface area contributed by atoms with Crippen LogP contribution in [0.15, 0.2) is 48.7 Å². The summed E-state index contributed by atoms with van der Waals surface area (Å²) in [6, 6.07) is 13.6. The Balaban J connectivity index is 1.23. The quantitative estimate of drug-likeness (QED) is 0.833. The van der Waals surface area contributed by atoms with Crippen LogP contribution in [0.4, 0.5) is 0 Å². The van der Waals surface area contributed by atoms with Crippen molar-refractivity contribution in [3.63, 3.8) is 0 Å². The molecule has 0 saturated carbocycles. The Kier molecular flexibility index (Phi) is 6.19. The van der Waals surface area contributed by atoms with Gasteiger partial charge in [0.2, 0.25) is 0 Å². The van der Waals surface area contributed by atoms with Gasteiger partial charge >= 0.3 is 0 Å². The number of benzene rings is 1. The monoisotopic (exact) mass is 381 g/mol. The zero-order chi connectivity index (χ0) is 19.2. The largest absolute Gasteiger partial charge is 0.490 e. The summed E-state index contributed by atoms with van der Waals surface area (Å²) in [5.74, 6) is 0.772. The first kappa shape index (κ1) is 18.9. The maximum absolute atomic E-state index is 12.3. The van der Waals surface area contributed by atoms with Crippen molar-refractivity contribution in [3.05, 3.63) is 59.9 Å². The molecule has 0 bridgehead atoms. The molecule has 0 aliphatic carbocycles. The van der Waals surface area contributed by atoms with Gasteiger partial charge < -0.3 is 14.8 Å². The molecule has 148 valence electrons. The molecule has 2 aliphatic heterocycles. The minimum absolute atomic E-state index is 0.0510. The maximum Gasteiger partial charge on any atom is 0.251 e. The highest BCUT2D eigenvalue weighted by Crippen LogP contribution is 2.20. The Labute approximate surface area is 165 Å². The van der Waals surface area contributed by atoms with Gasteiger partial charge in [0.1, 0.15) is 11.9 Å². The van der Waals surface area contributed by atoms with Crippen molar-refractivity contribution in [2.24, 2.45) is 0 Å². The molecule has 4 rings (SSSR count). The smallest absolute Gasteiger partial charge is 0.251 e. The van der Waals surface area contributed by atoms with Crippen molar-refractivity contribution in [2.75, 3.05) is 26.3 Å². The summed E-state index contributed by atoms with van der Waals surface area (Å²) in [5, 5.41) is 3.01. The molecule has 6 heteroatoms. The first-order valence-electron chi connectivity index (χ1n) is 10.0. The summed E-state index contributed by atoms with van der Waals surface area (Å²) in [7, 11) is 0. The number of hydrogen-bond donors (Lipinski definition) is 1. The maximum atomic E-state index is 12.3. The number of nitrogens with one attached hydrogen (secondary N) is 1. The van der Waals surface area contributed by atoms with Crippen LogP contribution in [-0.2, 0) is 11.3 Å². The Morgan fingerprint density at radius 3 is 2.64 bits per heavy atom. The summed E-state index contributed by atoms with van der Waals surface area (Å²) in [5.41, 5.74) is 1.77. The predicted octanol–water partition coefficient (Wildman–Crippen LogP) is 2.64. The highest BCUT2D eigenvalue weighted by atomic mass is 16.5. The Morgan fingerprint density at radius 2 is 1.96 bits per heavy atom. The van der Waals surface area contributed by atoms with E-state index in [0.29, 0.717) is 12.2 Å². The molecule has 0 radical (unpaired) electrons. The summed E-state index contributed by atoms with van der Waals surface area (Å²) < 4.78 is 11.4. The number of carbonyl (C=O) groups is 1. The molecule has 3 heterocycles. The van der Waals surface area contributed by atoms with Crippen LogP contribution >= 0.6 is 0 Å². The topological polar surface area (TPSA) is 63.7 Å². The van der Waals surface area contributed by atoms with E-state index in [0.717, 1.165) is 56.9 Å². The molecule has 1 N–H and O–H groups in total. The van der Waals surface area contributed by atoms with E-state index >= 15 is 0 Å². The third kappa shape index (κ3) is 5.09. The van der Waals surface area contributed by atoms with Gasteiger partial charge in [0.05, 0.1) is 18.3 Å². The molecule has 2 aliphatic rings. The van der Waals surface area contributed by atoms with Crippen molar-refractivity contribution in [1.29, 1.82) is 0 Å². The Hall–Kier alpha value is -2.44. The summed E-state index contributed by atoms with van der Waals surface area (Å²) >= 11 is 0. The molecule has 6 nitrogen and oxygen atoms in total. The van der Waals surface area contributed by atoms with Gasteiger partial charge in [-0.3, -0.25) is 14.7 Å². The number of aromatic nitrogens is 1. The van der Waals surface area contributed by atoms with Crippen LogP contribution in [-0.4, -0.2) is 54.2 Å². The molecule has 0 spiro atoms. The van der Waals surface area contributed by atoms with E-state index in [1.165, 1.54) is 0 Å². The van der Waals surface area contributed by atoms with Crippen molar-refractivity contribution in [3.8, 4) is 5.75 Å². The van der Waals surface area contributed by atoms with Crippen LogP contribution in [0.5, 0.6) is 5.75 Å². The number of rotatable bonds is 6. The summed E-state index contributed by atoms with van der Waals surface area (Å²) in [6.07, 6.45) is 4.94. The van der Waals surface area contributed by atoms with Gasteiger partial charge in [0, 0.05) is 38.0 Å². The first-order chi connectivity index (χ1) is 13.8. The minimum Gasteiger partial charge on any atom is -0.490 e. The number of piperidine rings is 1. The van der Waals surface area contributed by atoms with E-state index in [1.54, 1.807) is 0 Å². The van der Waals surface area contributed by atoms with Crippen LogP contribution in [0.1, 0.15) is 35.3 Å². The summed E-state index contributed by atoms with van der Waals surface area (Å²) in [4.78, 5) is 19.1. The van der Waals surface area contributed by atoms with Gasteiger partial charge in [0.25, 0.3) is 5.91 Å². The van der Waals surface area contributed by atoms with Crippen molar-refractivity contribution in [2.45, 2.75) is 38.0 Å². The molecular formula is C22H27N3O3. The van der Waals surface area contributed by atoms with Crippen LogP contribution in [0.25, 0.3) is 0 Å². The van der Waals surface area contributed by atoms with E-state index in [2.05, 4.69) is 21.3 Å². The van der Waals surface area contributed by atoms with Gasteiger partial charge in [-0.15, -0.1) is 0 Å². The molecule has 1 unspecified atom stereocenters. The second-order valence-corrected chi connectivity index (χ2v) is 7.47. The molecule has 1 aromatic heterocycles. The highest BCUT2D eigenvalue weighted by Gasteiger charge is 2.21. The van der Waals surface area contributed by atoms with E-state index in [-0.39, 0.29) is 18.1 Å². The number of nitrogens with zero attached hydrogens (tertiary/aromatic N) is 2. The fourth-order valence-corrected chi connectivity index (χ4v) is 3.70. The molecule has 1 aromatic carbocycles. The van der Waals surface area contributed by atoms with Gasteiger partial charge in [-0.1, -0.05) is 6.07 Å². The Bertz CT molecular complexity index is 752. The lowest BCUT2D eigenvalue weighted by Crippen LogP contribution is -2.38. The van der Waals surface area contributed by atoms with Gasteiger partial charge in [0.15, 0.2) is 0 Å². The lowest BCUT2D eigenvalue weighted by atomic mass is 10.1. The second kappa shape index (κ2) is 9.17. The van der Waals surface area contributed by atoms with Crippen molar-refractivity contribution < 1.29 is 14.3 Å². The zero-order valence-corrected chi connectivity index (χ0v) is 16.0. The zero-order valence-electron chi connectivity index (χ0n) is 16.0. The van der Waals surface area contributed by atoms with Crippen LogP contribution in [0.3, 0.4) is 0 Å². The number of ether oxygens (including phenoxy) is 2. The van der Waals surface area contributed by atoms with E-state index in [1.807, 2.05) is 42.6 Å². The number of likely N-dealkylation sites (tertiary alicyclic amines) is 1. The highest BCUT2D eigenvalue weighted by molar-refractivity contribution is 5.94. The van der Waals surface area contributed by atoms with Gasteiger partial charge in [-0.05, 0) is 55.7 Å². The second-order valence-electron chi connectivity index (χ2n) is 7.47. The number of carbonyl (C=O) groups excluding carboxylic acids is 1. The molecule has 1 amide bonds. The predicted molar refractivity (Wildman–Crippen MR) is 106 cm³/mol. The van der Waals surface area contributed by atoms with Gasteiger partial charge in [-0.25, -0.2) is 0 Å². The third-order valence-corrected chi connectivity index (χ3v) is 5.33. The van der Waals surface area contributed by atoms with Crippen LogP contribution < -0.4 is 10.1 Å². The Morgan fingerprint density at radius 1 is 1.14 bits per heavy atom. The van der Waals surface area contributed by atoms with E-state index in [4.69, 9.17) is 9.47 Å². The lowest BCUT2D eigenvalue weighted by molar-refractivity contribution is 0.0928. The minimum atomic E-state index is -0.0510. The third-order valence-electron chi connectivity index (χ3n) is 5.33. The van der Waals surface area contributed by atoms with Crippen LogP contribution in [0, 0.1) is 0 Å². The molecule has 2 saturated heterocycles. The first-order valence-corrected chi connectivity index (χ1v) is 10.0. The van der Waals surface area contributed by atoms with E-state index < -0.39 is 0 Å². The van der Waals surface area contributed by atoms with E-state index in [9.17, 15) is 4.79 Å². The molecule has 2 fully saturated rings. The standard InChI is InChI=1S/C22H27N3O3/c26-22(24-19-10-14-27-16-19)17-4-6-20(7-5-17)28-21-8-12-25(13-9-21)15-18-3-1-2-11-23-18/h1-7,11,19,21H,8-10,12-16H2,(H,24,26). The van der Waals surface area contributed by atoms with Crippen molar-refractivity contribution >= 4 is 5.91 Å². The summed E-state index contributed by atoms with van der Waals surface area (Å²) in [6.45, 7) is 4.23. The average molecular weight is 381 g/mol. The fourth-order valence-electron chi connectivity index (χ4n) is 3.70. The molecular weight excluding hydrogens is 354 g/mol. The molecule has 2 aromatic rings. The SMILES string of the molecule is O=C(NC1CCOC1)c1ccc(OC2CCN(Cc3ccccn3)CC2)cc1. The average Bonchev–Trinajstić information content (AvgIpc) is 3.24. The number of pyridine rings is 1.